The fraction of sp³-hybridized carbons (Fsp3) is 0.143. The van der Waals surface area contributed by atoms with Crippen LogP contribution in [0.15, 0.2) is 48.5 Å². The molecule has 0 saturated carbocycles. The van der Waals surface area contributed by atoms with Crippen LogP contribution in [0.4, 0.5) is 40.0 Å². The van der Waals surface area contributed by atoms with Crippen molar-refractivity contribution in [3.63, 3.8) is 0 Å². The van der Waals surface area contributed by atoms with Crippen LogP contribution in [0.3, 0.4) is 0 Å². The van der Waals surface area contributed by atoms with Crippen molar-refractivity contribution in [1.82, 2.24) is 4.48 Å². The zero-order chi connectivity index (χ0) is 15.7. The summed E-state index contributed by atoms with van der Waals surface area (Å²) in [5.41, 5.74) is 5.01. The highest BCUT2D eigenvalue weighted by Crippen LogP contribution is 2.46. The number of anilines is 2. The van der Waals surface area contributed by atoms with Crippen LogP contribution in [0.1, 0.15) is 0 Å². The number of fused-ring (bicyclic) bond motifs is 2. The van der Waals surface area contributed by atoms with Crippen LogP contribution in [0, 0.1) is 0 Å². The molecule has 0 spiro atoms. The van der Waals surface area contributed by atoms with E-state index in [0.717, 1.165) is 4.48 Å². The molecular weight excluding hydrogens is 283 g/mol. The van der Waals surface area contributed by atoms with Crippen LogP contribution in [-0.4, -0.2) is 21.3 Å². The highest BCUT2D eigenvalue weighted by molar-refractivity contribution is 6.50. The first-order valence-electron chi connectivity index (χ1n) is 6.37. The third-order valence-electron chi connectivity index (χ3n) is 3.28. The van der Waals surface area contributed by atoms with E-state index in [2.05, 4.69) is 67.9 Å². The SMILES string of the molecule is C[N+]1(C)c2ccccc2Nc2ccccc21.F[B-](F)(F)F. The van der Waals surface area contributed by atoms with E-state index in [4.69, 9.17) is 0 Å². The summed E-state index contributed by atoms with van der Waals surface area (Å²) in [4.78, 5) is 0. The Morgan fingerprint density at radius 2 is 1.10 bits per heavy atom. The number of para-hydroxylation sites is 4. The molecule has 3 rings (SSSR count). The van der Waals surface area contributed by atoms with Crippen molar-refractivity contribution in [2.75, 3.05) is 19.4 Å². The largest absolute Gasteiger partial charge is 0.673 e. The first-order chi connectivity index (χ1) is 9.69. The van der Waals surface area contributed by atoms with Gasteiger partial charge in [0.1, 0.15) is 11.4 Å². The zero-order valence-electron chi connectivity index (χ0n) is 11.7. The summed E-state index contributed by atoms with van der Waals surface area (Å²) in [5, 5.41) is 3.48. The molecular formula is C14H15BF4N2. The number of benzene rings is 2. The standard InChI is InChI=1S/C14H15N2.BF4/c1-16(2)13-9-5-3-7-11(13)15-12-8-4-6-10-14(12)16;2-1(3,4)5/h3-10,15H,1-2H3;/q+1;-1. The van der Waals surface area contributed by atoms with Crippen LogP contribution >= 0.6 is 0 Å². The quantitative estimate of drug-likeness (QED) is 0.412. The lowest BCUT2D eigenvalue weighted by atomic mass is 10.1. The van der Waals surface area contributed by atoms with Gasteiger partial charge in [0.15, 0.2) is 11.4 Å². The molecule has 2 aromatic carbocycles. The van der Waals surface area contributed by atoms with E-state index in [1.807, 2.05) is 0 Å². The highest BCUT2D eigenvalue weighted by atomic mass is 19.5. The smallest absolute Gasteiger partial charge is 0.418 e. The normalized spacial score (nSPS) is 15.0. The maximum atomic E-state index is 9.75. The predicted molar refractivity (Wildman–Crippen MR) is 79.7 cm³/mol. The van der Waals surface area contributed by atoms with Crippen molar-refractivity contribution < 1.29 is 17.3 Å². The topological polar surface area (TPSA) is 12.0 Å². The average molecular weight is 298 g/mol. The van der Waals surface area contributed by atoms with E-state index < -0.39 is 7.25 Å². The first kappa shape index (κ1) is 15.4. The monoisotopic (exact) mass is 298 g/mol. The molecule has 112 valence electrons. The van der Waals surface area contributed by atoms with Gasteiger partial charge >= 0.3 is 7.25 Å². The maximum Gasteiger partial charge on any atom is 0.673 e. The van der Waals surface area contributed by atoms with Crippen LogP contribution < -0.4 is 9.80 Å². The van der Waals surface area contributed by atoms with Crippen molar-refractivity contribution in [2.24, 2.45) is 0 Å². The van der Waals surface area contributed by atoms with Gasteiger partial charge in [-0.25, -0.2) is 0 Å². The minimum absolute atomic E-state index is 0.791. The summed E-state index contributed by atoms with van der Waals surface area (Å²) in [5.74, 6) is 0. The van der Waals surface area contributed by atoms with Gasteiger partial charge in [0.05, 0.1) is 14.1 Å². The number of nitrogens with one attached hydrogen (secondary N) is 1. The molecule has 1 heterocycles. The van der Waals surface area contributed by atoms with Crippen molar-refractivity contribution in [1.29, 1.82) is 0 Å². The molecule has 0 unspecified atom stereocenters. The minimum Gasteiger partial charge on any atom is -0.418 e. The van der Waals surface area contributed by atoms with E-state index in [-0.39, 0.29) is 0 Å². The number of halogens is 4. The molecule has 0 amide bonds. The van der Waals surface area contributed by atoms with Crippen molar-refractivity contribution in [3.8, 4) is 0 Å². The summed E-state index contributed by atoms with van der Waals surface area (Å²) in [6, 6.07) is 16.9. The molecule has 1 aliphatic heterocycles. The average Bonchev–Trinajstić information content (AvgIpc) is 2.37. The Morgan fingerprint density at radius 3 is 1.48 bits per heavy atom. The Labute approximate surface area is 120 Å². The van der Waals surface area contributed by atoms with Gasteiger partial charge in [0.2, 0.25) is 0 Å². The predicted octanol–water partition coefficient (Wildman–Crippen LogP) is 4.94. The van der Waals surface area contributed by atoms with Gasteiger partial charge in [-0.1, -0.05) is 24.3 Å². The molecule has 7 heteroatoms. The number of nitrogens with zero attached hydrogens (tertiary/aromatic N) is 1. The van der Waals surface area contributed by atoms with E-state index in [9.17, 15) is 17.3 Å². The number of hydrogen-bond donors (Lipinski definition) is 1. The summed E-state index contributed by atoms with van der Waals surface area (Å²) in [7, 11) is -1.56. The summed E-state index contributed by atoms with van der Waals surface area (Å²) < 4.78 is 39.8. The van der Waals surface area contributed by atoms with Gasteiger partial charge in [0.25, 0.3) is 0 Å². The van der Waals surface area contributed by atoms with E-state index in [1.54, 1.807) is 0 Å². The molecule has 2 nitrogen and oxygen atoms in total. The molecule has 1 N–H and O–H groups in total. The van der Waals surface area contributed by atoms with Gasteiger partial charge in [-0.2, -0.15) is 0 Å². The van der Waals surface area contributed by atoms with Crippen molar-refractivity contribution in [3.05, 3.63) is 48.5 Å². The third kappa shape index (κ3) is 3.55. The van der Waals surface area contributed by atoms with Crippen molar-refractivity contribution in [2.45, 2.75) is 0 Å². The molecule has 0 saturated heterocycles. The summed E-state index contributed by atoms with van der Waals surface area (Å²) in [6.07, 6.45) is 0. The highest BCUT2D eigenvalue weighted by Gasteiger charge is 2.32. The first-order valence-corrected chi connectivity index (χ1v) is 6.37. The fourth-order valence-corrected chi connectivity index (χ4v) is 2.41. The number of rotatable bonds is 0. The minimum atomic E-state index is -6.00. The molecule has 0 radical (unpaired) electrons. The second kappa shape index (κ2) is 5.40. The Hall–Kier alpha value is -2.02. The van der Waals surface area contributed by atoms with Gasteiger partial charge < -0.3 is 22.6 Å². The molecule has 0 fully saturated rings. The molecule has 21 heavy (non-hydrogen) atoms. The lowest BCUT2D eigenvalue weighted by Crippen LogP contribution is -2.37. The third-order valence-corrected chi connectivity index (χ3v) is 3.28. The lowest BCUT2D eigenvalue weighted by Gasteiger charge is -2.36. The fourth-order valence-electron chi connectivity index (χ4n) is 2.41. The second-order valence-electron chi connectivity index (χ2n) is 5.11. The van der Waals surface area contributed by atoms with Gasteiger partial charge in [-0.15, -0.1) is 0 Å². The molecule has 0 aromatic heterocycles. The lowest BCUT2D eigenvalue weighted by molar-refractivity contribution is 0.368. The summed E-state index contributed by atoms with van der Waals surface area (Å²) >= 11 is 0. The molecule has 0 atom stereocenters. The van der Waals surface area contributed by atoms with Crippen LogP contribution in [0.25, 0.3) is 0 Å². The molecule has 0 aliphatic carbocycles. The molecule has 1 aliphatic rings. The zero-order valence-corrected chi connectivity index (χ0v) is 11.7. The Balaban J connectivity index is 0.000000282. The second-order valence-corrected chi connectivity index (χ2v) is 5.11. The summed E-state index contributed by atoms with van der Waals surface area (Å²) in [6.45, 7) is 0. The number of quaternary nitrogens is 1. The van der Waals surface area contributed by atoms with E-state index >= 15 is 0 Å². The van der Waals surface area contributed by atoms with Crippen molar-refractivity contribution >= 4 is 30.0 Å². The van der Waals surface area contributed by atoms with Gasteiger partial charge in [-0.05, 0) is 12.1 Å². The maximum absolute atomic E-state index is 9.75. The molecule has 2 aromatic rings. The van der Waals surface area contributed by atoms with Gasteiger partial charge in [0, 0.05) is 12.1 Å². The van der Waals surface area contributed by atoms with Crippen LogP contribution in [0.2, 0.25) is 0 Å². The number of hydrogen-bond acceptors (Lipinski definition) is 1. The van der Waals surface area contributed by atoms with E-state index in [0.29, 0.717) is 0 Å². The Morgan fingerprint density at radius 1 is 0.762 bits per heavy atom. The van der Waals surface area contributed by atoms with Crippen LogP contribution in [-0.2, 0) is 0 Å². The Kier molecular flexibility index (Phi) is 3.96. The Bertz CT molecular complexity index is 587. The van der Waals surface area contributed by atoms with Gasteiger partial charge in [-0.3, -0.25) is 4.48 Å². The molecule has 0 bridgehead atoms. The van der Waals surface area contributed by atoms with E-state index in [1.165, 1.54) is 22.7 Å². The van der Waals surface area contributed by atoms with Crippen LogP contribution in [0.5, 0.6) is 0 Å².